The molecule has 1 N–H and O–H groups in total. The molecule has 0 aliphatic carbocycles. The third kappa shape index (κ3) is 1.94. The van der Waals surface area contributed by atoms with E-state index in [1.54, 1.807) is 6.26 Å². The van der Waals surface area contributed by atoms with Crippen LogP contribution >= 0.6 is 11.6 Å². The van der Waals surface area contributed by atoms with Gasteiger partial charge in [0.05, 0.1) is 6.26 Å². The largest absolute Gasteiger partial charge is 0.464 e. The quantitative estimate of drug-likeness (QED) is 0.835. The summed E-state index contributed by atoms with van der Waals surface area (Å²) in [6.45, 7) is 6.70. The first kappa shape index (κ1) is 12.1. The fourth-order valence-corrected chi connectivity index (χ4v) is 3.31. The van der Waals surface area contributed by atoms with Gasteiger partial charge < -0.3 is 9.73 Å². The van der Waals surface area contributed by atoms with E-state index in [2.05, 4.69) is 25.2 Å². The second-order valence-electron chi connectivity index (χ2n) is 5.84. The van der Waals surface area contributed by atoms with Crippen LogP contribution in [0.25, 0.3) is 11.0 Å². The molecule has 1 unspecified atom stereocenters. The molecule has 3 rings (SSSR count). The van der Waals surface area contributed by atoms with E-state index in [0.717, 1.165) is 35.5 Å². The summed E-state index contributed by atoms with van der Waals surface area (Å²) in [5.41, 5.74) is 2.48. The fourth-order valence-electron chi connectivity index (χ4n) is 3.08. The summed E-state index contributed by atoms with van der Waals surface area (Å²) in [5.74, 6) is 0.492. The molecule has 0 amide bonds. The number of rotatable bonds is 1. The van der Waals surface area contributed by atoms with E-state index in [4.69, 9.17) is 16.0 Å². The first-order valence-corrected chi connectivity index (χ1v) is 6.83. The molecular formula is C15H18ClNO. The van der Waals surface area contributed by atoms with Crippen molar-refractivity contribution in [3.63, 3.8) is 0 Å². The first-order chi connectivity index (χ1) is 8.58. The van der Waals surface area contributed by atoms with E-state index in [1.807, 2.05) is 12.1 Å². The van der Waals surface area contributed by atoms with Crippen molar-refractivity contribution in [1.82, 2.24) is 5.32 Å². The molecule has 1 aliphatic rings. The van der Waals surface area contributed by atoms with Gasteiger partial charge in [0, 0.05) is 22.5 Å². The summed E-state index contributed by atoms with van der Waals surface area (Å²) >= 11 is 6.24. The summed E-state index contributed by atoms with van der Waals surface area (Å²) < 4.78 is 5.67. The zero-order valence-electron chi connectivity index (χ0n) is 10.8. The molecule has 1 aromatic heterocycles. The second-order valence-corrected chi connectivity index (χ2v) is 6.28. The van der Waals surface area contributed by atoms with Crippen LogP contribution in [0.5, 0.6) is 0 Å². The van der Waals surface area contributed by atoms with Crippen molar-refractivity contribution in [1.29, 1.82) is 0 Å². The van der Waals surface area contributed by atoms with Crippen molar-refractivity contribution in [3.8, 4) is 0 Å². The minimum atomic E-state index is 0.225. The number of halogens is 1. The monoisotopic (exact) mass is 263 g/mol. The third-order valence-corrected chi connectivity index (χ3v) is 4.27. The summed E-state index contributed by atoms with van der Waals surface area (Å²) in [6.07, 6.45) is 2.88. The van der Waals surface area contributed by atoms with E-state index in [0.29, 0.717) is 5.92 Å². The lowest BCUT2D eigenvalue weighted by atomic mass is 9.71. The maximum Gasteiger partial charge on any atom is 0.137 e. The van der Waals surface area contributed by atoms with Crippen LogP contribution in [0.1, 0.15) is 31.7 Å². The van der Waals surface area contributed by atoms with Gasteiger partial charge in [0.15, 0.2) is 0 Å². The lowest BCUT2D eigenvalue weighted by molar-refractivity contribution is 0.219. The van der Waals surface area contributed by atoms with Gasteiger partial charge in [-0.05, 0) is 42.5 Å². The molecule has 1 saturated heterocycles. The molecule has 2 aromatic rings. The highest BCUT2D eigenvalue weighted by Crippen LogP contribution is 2.43. The van der Waals surface area contributed by atoms with Crippen molar-refractivity contribution in [2.75, 3.05) is 13.1 Å². The number of nitrogens with one attached hydrogen (secondary N) is 1. The first-order valence-electron chi connectivity index (χ1n) is 6.45. The summed E-state index contributed by atoms with van der Waals surface area (Å²) in [6, 6.07) is 6.03. The number of hydrogen-bond acceptors (Lipinski definition) is 2. The highest BCUT2D eigenvalue weighted by atomic mass is 35.5. The number of hydrogen-bond donors (Lipinski definition) is 1. The lowest BCUT2D eigenvalue weighted by Crippen LogP contribution is -2.41. The number of fused-ring (bicyclic) bond motifs is 1. The van der Waals surface area contributed by atoms with Gasteiger partial charge in [-0.25, -0.2) is 0 Å². The molecule has 2 heterocycles. The van der Waals surface area contributed by atoms with Crippen molar-refractivity contribution in [2.24, 2.45) is 5.41 Å². The predicted octanol–water partition coefficient (Wildman–Crippen LogP) is 4.19. The van der Waals surface area contributed by atoms with E-state index >= 15 is 0 Å². The SMILES string of the molecule is CC1(C)CNCCC1c1cc(Cl)cc2ccoc12. The predicted molar refractivity (Wildman–Crippen MR) is 75.2 cm³/mol. The van der Waals surface area contributed by atoms with Crippen LogP contribution in [0.15, 0.2) is 28.9 Å². The zero-order valence-corrected chi connectivity index (χ0v) is 11.6. The highest BCUT2D eigenvalue weighted by molar-refractivity contribution is 6.31. The molecule has 1 fully saturated rings. The van der Waals surface area contributed by atoms with Gasteiger partial charge >= 0.3 is 0 Å². The molecule has 0 bridgehead atoms. The Morgan fingerprint density at radius 3 is 3.00 bits per heavy atom. The van der Waals surface area contributed by atoms with Crippen LogP contribution in [0.3, 0.4) is 0 Å². The number of furan rings is 1. The Kier molecular flexibility index (Phi) is 2.87. The molecular weight excluding hydrogens is 246 g/mol. The van der Waals surface area contributed by atoms with E-state index < -0.39 is 0 Å². The van der Waals surface area contributed by atoms with E-state index in [1.165, 1.54) is 5.56 Å². The van der Waals surface area contributed by atoms with Crippen molar-refractivity contribution in [2.45, 2.75) is 26.2 Å². The maximum atomic E-state index is 6.24. The van der Waals surface area contributed by atoms with E-state index in [9.17, 15) is 0 Å². The van der Waals surface area contributed by atoms with Crippen molar-refractivity contribution < 1.29 is 4.42 Å². The maximum absolute atomic E-state index is 6.24. The number of benzene rings is 1. The molecule has 1 aromatic carbocycles. The van der Waals surface area contributed by atoms with Crippen LogP contribution in [0.2, 0.25) is 5.02 Å². The zero-order chi connectivity index (χ0) is 12.8. The topological polar surface area (TPSA) is 25.2 Å². The average Bonchev–Trinajstić information content (AvgIpc) is 2.75. The van der Waals surface area contributed by atoms with Gasteiger partial charge in [-0.1, -0.05) is 25.4 Å². The lowest BCUT2D eigenvalue weighted by Gasteiger charge is -2.39. The van der Waals surface area contributed by atoms with Gasteiger partial charge in [-0.2, -0.15) is 0 Å². The molecule has 3 heteroatoms. The Labute approximate surface area is 112 Å². The Balaban J connectivity index is 2.15. The summed E-state index contributed by atoms with van der Waals surface area (Å²) in [4.78, 5) is 0. The van der Waals surface area contributed by atoms with Crippen LogP contribution in [0.4, 0.5) is 0 Å². The Bertz CT molecular complexity index is 573. The van der Waals surface area contributed by atoms with Crippen LogP contribution in [-0.4, -0.2) is 13.1 Å². The van der Waals surface area contributed by atoms with Gasteiger partial charge in [-0.3, -0.25) is 0 Å². The molecule has 0 saturated carbocycles. The summed E-state index contributed by atoms with van der Waals surface area (Å²) in [5, 5.41) is 5.37. The van der Waals surface area contributed by atoms with Gasteiger partial charge in [0.2, 0.25) is 0 Å². The molecule has 0 radical (unpaired) electrons. The van der Waals surface area contributed by atoms with Crippen molar-refractivity contribution >= 4 is 22.6 Å². The van der Waals surface area contributed by atoms with Crippen LogP contribution < -0.4 is 5.32 Å². The average molecular weight is 264 g/mol. The highest BCUT2D eigenvalue weighted by Gasteiger charge is 2.35. The van der Waals surface area contributed by atoms with Crippen LogP contribution in [0, 0.1) is 5.41 Å². The van der Waals surface area contributed by atoms with Gasteiger partial charge in [0.25, 0.3) is 0 Å². The molecule has 0 spiro atoms. The second kappa shape index (κ2) is 4.29. The molecule has 1 atom stereocenters. The van der Waals surface area contributed by atoms with E-state index in [-0.39, 0.29) is 5.41 Å². The minimum absolute atomic E-state index is 0.225. The Hall–Kier alpha value is -0.990. The molecule has 2 nitrogen and oxygen atoms in total. The summed E-state index contributed by atoms with van der Waals surface area (Å²) in [7, 11) is 0. The fraction of sp³-hybridized carbons (Fsp3) is 0.467. The molecule has 1 aliphatic heterocycles. The standard InChI is InChI=1S/C15H18ClNO/c1-15(2)9-17-5-3-13(15)12-8-11(16)7-10-4-6-18-14(10)12/h4,6-8,13,17H,3,5,9H2,1-2H3. The Morgan fingerprint density at radius 1 is 1.39 bits per heavy atom. The number of piperidine rings is 1. The Morgan fingerprint density at radius 2 is 2.22 bits per heavy atom. The molecule has 18 heavy (non-hydrogen) atoms. The van der Waals surface area contributed by atoms with Gasteiger partial charge in [-0.15, -0.1) is 0 Å². The van der Waals surface area contributed by atoms with Crippen LogP contribution in [-0.2, 0) is 0 Å². The smallest absolute Gasteiger partial charge is 0.137 e. The van der Waals surface area contributed by atoms with Gasteiger partial charge in [0.1, 0.15) is 5.58 Å². The normalized spacial score (nSPS) is 23.4. The molecule has 96 valence electrons. The van der Waals surface area contributed by atoms with Crippen molar-refractivity contribution in [3.05, 3.63) is 35.0 Å². The minimum Gasteiger partial charge on any atom is -0.464 e. The third-order valence-electron chi connectivity index (χ3n) is 4.05.